The summed E-state index contributed by atoms with van der Waals surface area (Å²) in [5.41, 5.74) is 9.77. The number of carbonyl (C=O) groups excluding carboxylic acids is 1. The third-order valence-electron chi connectivity index (χ3n) is 5.44. The quantitative estimate of drug-likeness (QED) is 0.644. The highest BCUT2D eigenvalue weighted by atomic mass is 32.1. The van der Waals surface area contributed by atoms with Crippen molar-refractivity contribution >= 4 is 22.9 Å². The smallest absolute Gasteiger partial charge is 0.237 e. The van der Waals surface area contributed by atoms with Crippen molar-refractivity contribution in [3.8, 4) is 17.2 Å². The van der Waals surface area contributed by atoms with Crippen LogP contribution in [0.2, 0.25) is 0 Å². The van der Waals surface area contributed by atoms with Gasteiger partial charge in [-0.3, -0.25) is 4.79 Å². The number of nitrogens with two attached hydrogens (primary N) is 1. The van der Waals surface area contributed by atoms with Gasteiger partial charge < -0.3 is 16.0 Å². The molecule has 2 heterocycles. The molecule has 0 radical (unpaired) electrons. The molecule has 5 nitrogen and oxygen atoms in total. The minimum Gasteiger partial charge on any atom is -0.368 e. The Bertz CT molecular complexity index is 1040. The van der Waals surface area contributed by atoms with Gasteiger partial charge in [0.1, 0.15) is 6.07 Å². The summed E-state index contributed by atoms with van der Waals surface area (Å²) in [6, 6.07) is 21.8. The van der Waals surface area contributed by atoms with Crippen molar-refractivity contribution in [3.63, 3.8) is 0 Å². The molecule has 0 unspecified atom stereocenters. The molecule has 1 fully saturated rings. The zero-order valence-corrected chi connectivity index (χ0v) is 17.4. The molecule has 0 bridgehead atoms. The van der Waals surface area contributed by atoms with Crippen molar-refractivity contribution in [1.29, 1.82) is 5.26 Å². The second-order valence-electron chi connectivity index (χ2n) is 7.54. The maximum Gasteiger partial charge on any atom is 0.237 e. The van der Waals surface area contributed by atoms with Gasteiger partial charge in [0, 0.05) is 30.4 Å². The molecule has 1 saturated heterocycles. The summed E-state index contributed by atoms with van der Waals surface area (Å²) < 4.78 is 0. The number of hydrogen-bond donors (Lipinski definition) is 2. The second kappa shape index (κ2) is 9.12. The van der Waals surface area contributed by atoms with Gasteiger partial charge in [0.05, 0.1) is 17.3 Å². The molecule has 2 aromatic carbocycles. The van der Waals surface area contributed by atoms with E-state index in [9.17, 15) is 10.1 Å². The van der Waals surface area contributed by atoms with Crippen LogP contribution in [0.15, 0.2) is 66.0 Å². The van der Waals surface area contributed by atoms with Gasteiger partial charge in [0.25, 0.3) is 0 Å². The first-order chi connectivity index (χ1) is 14.6. The average molecular weight is 417 g/mol. The molecular weight excluding hydrogens is 392 g/mol. The van der Waals surface area contributed by atoms with E-state index in [1.165, 1.54) is 0 Å². The van der Waals surface area contributed by atoms with Crippen molar-refractivity contribution < 1.29 is 4.79 Å². The van der Waals surface area contributed by atoms with Crippen LogP contribution in [0.4, 0.5) is 5.69 Å². The Morgan fingerprint density at radius 2 is 2.03 bits per heavy atom. The standard InChI is InChI=1S/C24H24N4OS/c25-15-19-13-18(17-5-2-1-3-6-17)8-9-23(19)28-11-10-20(16-28)27-24(29)22(26)14-21-7-4-12-30-21/h1-9,12-13,20,22H,10-11,14,16,26H2,(H,27,29)/t20-,22-/m0/s1. The van der Waals surface area contributed by atoms with Gasteiger partial charge in [-0.05, 0) is 41.1 Å². The number of nitrogens with zero attached hydrogens (tertiary/aromatic N) is 2. The third kappa shape index (κ3) is 4.54. The zero-order chi connectivity index (χ0) is 20.9. The number of thiophene rings is 1. The van der Waals surface area contributed by atoms with Gasteiger partial charge in [0.15, 0.2) is 0 Å². The number of hydrogen-bond acceptors (Lipinski definition) is 5. The molecular formula is C24H24N4OS. The summed E-state index contributed by atoms with van der Waals surface area (Å²) >= 11 is 1.61. The molecule has 0 spiro atoms. The lowest BCUT2D eigenvalue weighted by molar-refractivity contribution is -0.122. The summed E-state index contributed by atoms with van der Waals surface area (Å²) in [5.74, 6) is -0.116. The highest BCUT2D eigenvalue weighted by molar-refractivity contribution is 7.09. The monoisotopic (exact) mass is 416 g/mol. The van der Waals surface area contributed by atoms with Crippen LogP contribution in [-0.2, 0) is 11.2 Å². The summed E-state index contributed by atoms with van der Waals surface area (Å²) in [4.78, 5) is 15.8. The number of nitrogens with one attached hydrogen (secondary N) is 1. The number of rotatable bonds is 6. The third-order valence-corrected chi connectivity index (χ3v) is 6.34. The van der Waals surface area contributed by atoms with Crippen LogP contribution in [0.1, 0.15) is 16.9 Å². The number of amides is 1. The minimum atomic E-state index is -0.544. The van der Waals surface area contributed by atoms with Gasteiger partial charge in [-0.1, -0.05) is 42.5 Å². The highest BCUT2D eigenvalue weighted by Crippen LogP contribution is 2.29. The van der Waals surface area contributed by atoms with E-state index in [-0.39, 0.29) is 11.9 Å². The fraction of sp³-hybridized carbons (Fsp3) is 0.250. The average Bonchev–Trinajstić information content (AvgIpc) is 3.46. The van der Waals surface area contributed by atoms with E-state index < -0.39 is 6.04 Å². The maximum absolute atomic E-state index is 12.5. The molecule has 2 atom stereocenters. The highest BCUT2D eigenvalue weighted by Gasteiger charge is 2.27. The second-order valence-corrected chi connectivity index (χ2v) is 8.57. The van der Waals surface area contributed by atoms with E-state index in [0.717, 1.165) is 34.7 Å². The van der Waals surface area contributed by atoms with Crippen LogP contribution >= 0.6 is 11.3 Å². The van der Waals surface area contributed by atoms with Crippen LogP contribution in [0.25, 0.3) is 11.1 Å². The summed E-state index contributed by atoms with van der Waals surface area (Å²) in [7, 11) is 0. The molecule has 30 heavy (non-hydrogen) atoms. The number of anilines is 1. The van der Waals surface area contributed by atoms with E-state index >= 15 is 0 Å². The van der Waals surface area contributed by atoms with Crippen molar-refractivity contribution in [1.82, 2.24) is 5.32 Å². The number of benzene rings is 2. The van der Waals surface area contributed by atoms with E-state index in [1.54, 1.807) is 11.3 Å². The fourth-order valence-electron chi connectivity index (χ4n) is 3.85. The molecule has 1 amide bonds. The Kier molecular flexibility index (Phi) is 6.12. The van der Waals surface area contributed by atoms with Crippen LogP contribution in [0, 0.1) is 11.3 Å². The summed E-state index contributed by atoms with van der Waals surface area (Å²) in [6.07, 6.45) is 1.39. The lowest BCUT2D eigenvalue weighted by Gasteiger charge is -2.21. The fourth-order valence-corrected chi connectivity index (χ4v) is 4.62. The van der Waals surface area contributed by atoms with Crippen LogP contribution in [0.3, 0.4) is 0 Å². The van der Waals surface area contributed by atoms with Crippen LogP contribution < -0.4 is 16.0 Å². The van der Waals surface area contributed by atoms with Crippen molar-refractivity contribution in [3.05, 3.63) is 76.5 Å². The predicted octanol–water partition coefficient (Wildman–Crippen LogP) is 3.55. The van der Waals surface area contributed by atoms with Gasteiger partial charge in [0.2, 0.25) is 5.91 Å². The predicted molar refractivity (Wildman–Crippen MR) is 121 cm³/mol. The number of nitriles is 1. The molecule has 3 aromatic rings. The topological polar surface area (TPSA) is 82.2 Å². The summed E-state index contributed by atoms with van der Waals surface area (Å²) in [6.45, 7) is 1.47. The largest absolute Gasteiger partial charge is 0.368 e. The molecule has 4 rings (SSSR count). The lowest BCUT2D eigenvalue weighted by atomic mass is 10.0. The Hall–Kier alpha value is -3.14. The van der Waals surface area contributed by atoms with Gasteiger partial charge in [-0.25, -0.2) is 0 Å². The Morgan fingerprint density at radius 1 is 1.20 bits per heavy atom. The SMILES string of the molecule is N#Cc1cc(-c2ccccc2)ccc1N1CC[C@H](NC(=O)[C@@H](N)Cc2cccs2)C1. The van der Waals surface area contributed by atoms with Gasteiger partial charge >= 0.3 is 0 Å². The van der Waals surface area contributed by atoms with E-state index in [2.05, 4.69) is 16.3 Å². The molecule has 3 N–H and O–H groups in total. The first-order valence-electron chi connectivity index (χ1n) is 10.1. The lowest BCUT2D eigenvalue weighted by Crippen LogP contribution is -2.47. The van der Waals surface area contributed by atoms with Crippen LogP contribution in [0.5, 0.6) is 0 Å². The minimum absolute atomic E-state index is 0.0345. The van der Waals surface area contributed by atoms with E-state index in [4.69, 9.17) is 5.73 Å². The summed E-state index contributed by atoms with van der Waals surface area (Å²) in [5, 5.41) is 14.8. The molecule has 6 heteroatoms. The first-order valence-corrected chi connectivity index (χ1v) is 10.9. The molecule has 1 aliphatic heterocycles. The Labute approximate surface area is 180 Å². The number of carbonyl (C=O) groups is 1. The van der Waals surface area contributed by atoms with Gasteiger partial charge in [-0.2, -0.15) is 5.26 Å². The van der Waals surface area contributed by atoms with Crippen molar-refractivity contribution in [2.24, 2.45) is 5.73 Å². The van der Waals surface area contributed by atoms with E-state index in [0.29, 0.717) is 18.5 Å². The normalized spacial score (nSPS) is 16.8. The molecule has 0 saturated carbocycles. The van der Waals surface area contributed by atoms with Gasteiger partial charge in [-0.15, -0.1) is 11.3 Å². The molecule has 1 aromatic heterocycles. The molecule has 0 aliphatic carbocycles. The zero-order valence-electron chi connectivity index (χ0n) is 16.6. The van der Waals surface area contributed by atoms with Crippen LogP contribution in [-0.4, -0.2) is 31.1 Å². The Balaban J connectivity index is 1.40. The molecule has 1 aliphatic rings. The van der Waals surface area contributed by atoms with Crippen molar-refractivity contribution in [2.45, 2.75) is 24.9 Å². The molecule has 152 valence electrons. The van der Waals surface area contributed by atoms with E-state index in [1.807, 2.05) is 66.0 Å². The first kappa shape index (κ1) is 20.1. The maximum atomic E-state index is 12.5. The van der Waals surface area contributed by atoms with Crippen molar-refractivity contribution in [2.75, 3.05) is 18.0 Å². The Morgan fingerprint density at radius 3 is 2.77 bits per heavy atom.